The Morgan fingerprint density at radius 2 is 1.85 bits per heavy atom. The van der Waals surface area contributed by atoms with E-state index in [-0.39, 0.29) is 18.8 Å². The number of rotatable bonds is 3. The fourth-order valence-corrected chi connectivity index (χ4v) is 2.13. The molecule has 0 bridgehead atoms. The maximum absolute atomic E-state index is 13.6. The van der Waals surface area contributed by atoms with Gasteiger partial charge in [0.2, 0.25) is 6.79 Å². The molecule has 5 heteroatoms. The fourth-order valence-electron chi connectivity index (χ4n) is 2.13. The highest BCUT2D eigenvalue weighted by Crippen LogP contribution is 2.34. The van der Waals surface area contributed by atoms with Gasteiger partial charge in [0.15, 0.2) is 11.5 Å². The Bertz CT molecular complexity index is 643. The molecule has 0 radical (unpaired) electrons. The third kappa shape index (κ3) is 2.44. The van der Waals surface area contributed by atoms with E-state index in [1.807, 2.05) is 0 Å². The summed E-state index contributed by atoms with van der Waals surface area (Å²) in [6, 6.07) is 8.36. The molecule has 0 aromatic heterocycles. The molecule has 0 saturated heterocycles. The lowest BCUT2D eigenvalue weighted by Crippen LogP contribution is -2.04. The summed E-state index contributed by atoms with van der Waals surface area (Å²) in [6.07, 6.45) is -0.837. The van der Waals surface area contributed by atoms with Gasteiger partial charge < -0.3 is 14.6 Å². The number of ether oxygens (including phenoxy) is 2. The van der Waals surface area contributed by atoms with Gasteiger partial charge >= 0.3 is 0 Å². The number of halogens is 2. The van der Waals surface area contributed by atoms with Crippen LogP contribution in [0, 0.1) is 11.6 Å². The van der Waals surface area contributed by atoms with Crippen LogP contribution in [0.3, 0.4) is 0 Å². The smallest absolute Gasteiger partial charge is 0.231 e. The van der Waals surface area contributed by atoms with Crippen LogP contribution >= 0.6 is 0 Å². The van der Waals surface area contributed by atoms with Crippen molar-refractivity contribution < 1.29 is 23.4 Å². The van der Waals surface area contributed by atoms with Crippen LogP contribution in [-0.2, 0) is 6.42 Å². The number of benzene rings is 2. The molecule has 1 unspecified atom stereocenters. The maximum Gasteiger partial charge on any atom is 0.231 e. The number of fused-ring (bicyclic) bond motifs is 1. The van der Waals surface area contributed by atoms with Crippen molar-refractivity contribution in [2.45, 2.75) is 12.5 Å². The molecule has 2 aromatic carbocycles. The van der Waals surface area contributed by atoms with Crippen LogP contribution in [0.2, 0.25) is 0 Å². The van der Waals surface area contributed by atoms with Gasteiger partial charge in [-0.25, -0.2) is 8.78 Å². The Labute approximate surface area is 114 Å². The van der Waals surface area contributed by atoms with Crippen molar-refractivity contribution in [2.75, 3.05) is 6.79 Å². The fraction of sp³-hybridized carbons (Fsp3) is 0.200. The van der Waals surface area contributed by atoms with Crippen molar-refractivity contribution in [1.29, 1.82) is 0 Å². The van der Waals surface area contributed by atoms with Gasteiger partial charge in [-0.15, -0.1) is 0 Å². The van der Waals surface area contributed by atoms with Crippen molar-refractivity contribution in [3.63, 3.8) is 0 Å². The van der Waals surface area contributed by atoms with E-state index in [9.17, 15) is 13.9 Å². The molecule has 1 aliphatic heterocycles. The van der Waals surface area contributed by atoms with E-state index in [1.165, 1.54) is 12.1 Å². The summed E-state index contributed by atoms with van der Waals surface area (Å²) in [6.45, 7) is 0.154. The zero-order chi connectivity index (χ0) is 14.1. The molecule has 0 spiro atoms. The summed E-state index contributed by atoms with van der Waals surface area (Å²) in [5.41, 5.74) is 0.856. The molecule has 0 amide bonds. The molecule has 1 aliphatic rings. The summed E-state index contributed by atoms with van der Waals surface area (Å²) in [5, 5.41) is 10.1. The normalized spacial score (nSPS) is 14.3. The molecule has 1 heterocycles. The zero-order valence-corrected chi connectivity index (χ0v) is 10.5. The summed E-state index contributed by atoms with van der Waals surface area (Å²) in [4.78, 5) is 0. The van der Waals surface area contributed by atoms with Gasteiger partial charge in [-0.2, -0.15) is 0 Å². The van der Waals surface area contributed by atoms with Crippen LogP contribution < -0.4 is 9.47 Å². The molecular formula is C15H12F2O3. The number of hydrogen-bond acceptors (Lipinski definition) is 3. The molecule has 20 heavy (non-hydrogen) atoms. The SMILES string of the molecule is OC(Cc1ccc(F)cc1F)c1ccc2c(c1)OCO2. The minimum Gasteiger partial charge on any atom is -0.454 e. The van der Waals surface area contributed by atoms with Crippen LogP contribution in [0.15, 0.2) is 36.4 Å². The van der Waals surface area contributed by atoms with Crippen molar-refractivity contribution >= 4 is 0 Å². The average molecular weight is 278 g/mol. The predicted octanol–water partition coefficient (Wildman–Crippen LogP) is 2.97. The molecular weight excluding hydrogens is 266 g/mol. The second-order valence-electron chi connectivity index (χ2n) is 4.57. The minimum absolute atomic E-state index is 0.0613. The summed E-state index contributed by atoms with van der Waals surface area (Å²) < 4.78 is 36.8. The van der Waals surface area contributed by atoms with E-state index in [0.717, 1.165) is 6.07 Å². The second-order valence-corrected chi connectivity index (χ2v) is 4.57. The van der Waals surface area contributed by atoms with Gasteiger partial charge in [0.05, 0.1) is 6.10 Å². The number of hydrogen-bond donors (Lipinski definition) is 1. The first-order valence-corrected chi connectivity index (χ1v) is 6.15. The first-order chi connectivity index (χ1) is 9.63. The van der Waals surface area contributed by atoms with E-state index in [4.69, 9.17) is 9.47 Å². The monoisotopic (exact) mass is 278 g/mol. The van der Waals surface area contributed by atoms with Gasteiger partial charge in [-0.3, -0.25) is 0 Å². The van der Waals surface area contributed by atoms with Crippen molar-refractivity contribution in [3.05, 3.63) is 59.2 Å². The lowest BCUT2D eigenvalue weighted by atomic mass is 10.0. The topological polar surface area (TPSA) is 38.7 Å². The maximum atomic E-state index is 13.6. The first-order valence-electron chi connectivity index (χ1n) is 6.15. The lowest BCUT2D eigenvalue weighted by molar-refractivity contribution is 0.171. The average Bonchev–Trinajstić information content (AvgIpc) is 2.89. The third-order valence-electron chi connectivity index (χ3n) is 3.21. The Hall–Kier alpha value is -2.14. The van der Waals surface area contributed by atoms with E-state index in [2.05, 4.69) is 0 Å². The largest absolute Gasteiger partial charge is 0.454 e. The quantitative estimate of drug-likeness (QED) is 0.938. The van der Waals surface area contributed by atoms with Crippen molar-refractivity contribution in [1.82, 2.24) is 0 Å². The Morgan fingerprint density at radius 1 is 1.05 bits per heavy atom. The standard InChI is InChI=1S/C15H12F2O3/c16-11-3-1-9(12(17)7-11)5-13(18)10-2-4-14-15(6-10)20-8-19-14/h1-4,6-7,13,18H,5,8H2. The van der Waals surface area contributed by atoms with Crippen LogP contribution in [-0.4, -0.2) is 11.9 Å². The molecule has 0 saturated carbocycles. The second kappa shape index (κ2) is 5.09. The molecule has 1 atom stereocenters. The Balaban J connectivity index is 1.80. The molecule has 1 N–H and O–H groups in total. The third-order valence-corrected chi connectivity index (χ3v) is 3.21. The number of aliphatic hydroxyl groups is 1. The highest BCUT2D eigenvalue weighted by Gasteiger charge is 2.18. The highest BCUT2D eigenvalue weighted by molar-refractivity contribution is 5.45. The van der Waals surface area contributed by atoms with Crippen LogP contribution in [0.1, 0.15) is 17.2 Å². The van der Waals surface area contributed by atoms with Crippen molar-refractivity contribution in [3.8, 4) is 11.5 Å². The van der Waals surface area contributed by atoms with Gasteiger partial charge in [-0.1, -0.05) is 12.1 Å². The van der Waals surface area contributed by atoms with E-state index < -0.39 is 17.7 Å². The Morgan fingerprint density at radius 3 is 2.65 bits per heavy atom. The van der Waals surface area contributed by atoms with E-state index in [0.29, 0.717) is 17.1 Å². The molecule has 0 fully saturated rings. The number of aliphatic hydroxyl groups excluding tert-OH is 1. The van der Waals surface area contributed by atoms with Gasteiger partial charge in [-0.05, 0) is 29.3 Å². The molecule has 2 aromatic rings. The summed E-state index contributed by atoms with van der Waals surface area (Å²) in [7, 11) is 0. The van der Waals surface area contributed by atoms with Gasteiger partial charge in [0, 0.05) is 12.5 Å². The zero-order valence-electron chi connectivity index (χ0n) is 10.5. The summed E-state index contributed by atoms with van der Waals surface area (Å²) >= 11 is 0. The van der Waals surface area contributed by atoms with E-state index >= 15 is 0 Å². The minimum atomic E-state index is -0.899. The van der Waals surface area contributed by atoms with Gasteiger partial charge in [0.25, 0.3) is 0 Å². The molecule has 104 valence electrons. The summed E-state index contributed by atoms with van der Waals surface area (Å²) in [5.74, 6) is -0.122. The Kier molecular flexibility index (Phi) is 3.28. The highest BCUT2D eigenvalue weighted by atomic mass is 19.1. The molecule has 3 rings (SSSR count). The van der Waals surface area contributed by atoms with Crippen LogP contribution in [0.5, 0.6) is 11.5 Å². The van der Waals surface area contributed by atoms with E-state index in [1.54, 1.807) is 18.2 Å². The molecule has 3 nitrogen and oxygen atoms in total. The van der Waals surface area contributed by atoms with Crippen molar-refractivity contribution in [2.24, 2.45) is 0 Å². The van der Waals surface area contributed by atoms with Crippen LogP contribution in [0.4, 0.5) is 8.78 Å². The molecule has 0 aliphatic carbocycles. The van der Waals surface area contributed by atoms with Crippen LogP contribution in [0.25, 0.3) is 0 Å². The lowest BCUT2D eigenvalue weighted by Gasteiger charge is -2.12. The predicted molar refractivity (Wildman–Crippen MR) is 67.6 cm³/mol. The van der Waals surface area contributed by atoms with Gasteiger partial charge in [0.1, 0.15) is 11.6 Å². The first kappa shape index (κ1) is 12.9.